The second-order valence-electron chi connectivity index (χ2n) is 11.9. The van der Waals surface area contributed by atoms with Gasteiger partial charge in [-0.15, -0.1) is 0 Å². The molecule has 1 heterocycles. The number of aromatic nitrogens is 3. The number of nitrogens with one attached hydrogen (secondary N) is 3. The van der Waals surface area contributed by atoms with Crippen molar-refractivity contribution in [2.75, 3.05) is 34.8 Å². The number of fused-ring (bicyclic) bond motifs is 3. The Morgan fingerprint density at radius 1 is 0.783 bits per heavy atom. The van der Waals surface area contributed by atoms with E-state index in [1.54, 1.807) is 19.1 Å². The van der Waals surface area contributed by atoms with Crippen molar-refractivity contribution in [1.82, 2.24) is 15.0 Å². The number of ketones is 2. The van der Waals surface area contributed by atoms with E-state index in [-0.39, 0.29) is 34.5 Å². The first-order valence-corrected chi connectivity index (χ1v) is 15.8. The smallest absolute Gasteiger partial charge is 0.296 e. The Hall–Kier alpha value is -5.40. The van der Waals surface area contributed by atoms with Gasteiger partial charge in [-0.1, -0.05) is 68.4 Å². The molecule has 0 bridgehead atoms. The minimum Gasteiger partial charge on any atom is -0.397 e. The Balaban J connectivity index is 1.22. The summed E-state index contributed by atoms with van der Waals surface area (Å²) in [7, 11) is -4.82. The molecule has 6 rings (SSSR count). The molecule has 0 radical (unpaired) electrons. The molecule has 1 aliphatic rings. The minimum absolute atomic E-state index is 0.0464. The summed E-state index contributed by atoms with van der Waals surface area (Å²) in [6.07, 6.45) is 0. The van der Waals surface area contributed by atoms with E-state index >= 15 is 0 Å². The molecule has 12 nitrogen and oxygen atoms in total. The number of nitrogens with zero attached hydrogens (tertiary/aromatic N) is 3. The van der Waals surface area contributed by atoms with Gasteiger partial charge in [0.25, 0.3) is 10.1 Å². The van der Waals surface area contributed by atoms with Gasteiger partial charge in [-0.25, -0.2) is 0 Å². The average molecular weight is 638 g/mol. The third kappa shape index (κ3) is 5.97. The van der Waals surface area contributed by atoms with Crippen LogP contribution in [0.3, 0.4) is 0 Å². The first kappa shape index (κ1) is 30.6. The minimum atomic E-state index is -4.82. The number of rotatable bonds is 9. The maximum atomic E-state index is 13.6. The highest BCUT2D eigenvalue weighted by Gasteiger charge is 2.36. The van der Waals surface area contributed by atoms with Gasteiger partial charge >= 0.3 is 0 Å². The maximum Gasteiger partial charge on any atom is 0.296 e. The van der Waals surface area contributed by atoms with Crippen molar-refractivity contribution in [3.05, 3.63) is 101 Å². The van der Waals surface area contributed by atoms with Gasteiger partial charge in [0.05, 0.1) is 16.8 Å². The Morgan fingerprint density at radius 3 is 2.09 bits per heavy atom. The molecule has 234 valence electrons. The molecule has 0 atom stereocenters. The van der Waals surface area contributed by atoms with Crippen LogP contribution in [0.4, 0.5) is 29.0 Å². The van der Waals surface area contributed by atoms with E-state index in [1.807, 2.05) is 56.3 Å². The molecule has 1 aliphatic carbocycles. The zero-order chi connectivity index (χ0) is 32.8. The van der Waals surface area contributed by atoms with Gasteiger partial charge in [0.15, 0.2) is 11.6 Å². The molecule has 0 amide bonds. The fourth-order valence-electron chi connectivity index (χ4n) is 5.37. The van der Waals surface area contributed by atoms with Crippen LogP contribution < -0.4 is 21.7 Å². The highest BCUT2D eigenvalue weighted by molar-refractivity contribution is 7.86. The number of hydrogen-bond donors (Lipinski definition) is 5. The van der Waals surface area contributed by atoms with Crippen LogP contribution in [0.1, 0.15) is 51.5 Å². The zero-order valence-electron chi connectivity index (χ0n) is 25.2. The van der Waals surface area contributed by atoms with E-state index in [2.05, 4.69) is 30.9 Å². The van der Waals surface area contributed by atoms with Gasteiger partial charge < -0.3 is 21.7 Å². The maximum absolute atomic E-state index is 13.6. The molecule has 0 spiro atoms. The Kier molecular flexibility index (Phi) is 7.66. The summed E-state index contributed by atoms with van der Waals surface area (Å²) in [6.45, 7) is 6.21. The van der Waals surface area contributed by atoms with Crippen molar-refractivity contribution < 1.29 is 22.6 Å². The van der Waals surface area contributed by atoms with Crippen molar-refractivity contribution >= 4 is 61.4 Å². The van der Waals surface area contributed by atoms with Gasteiger partial charge in [-0.2, -0.15) is 23.4 Å². The summed E-state index contributed by atoms with van der Waals surface area (Å²) in [5.74, 6) is 0.141. The van der Waals surface area contributed by atoms with Gasteiger partial charge in [-0.05, 0) is 41.3 Å². The summed E-state index contributed by atoms with van der Waals surface area (Å²) in [5, 5.41) is 11.8. The van der Waals surface area contributed by atoms with Crippen molar-refractivity contribution in [1.29, 1.82) is 0 Å². The Labute approximate surface area is 265 Å². The number of aryl methyl sites for hydroxylation is 1. The van der Waals surface area contributed by atoms with Crippen LogP contribution in [0.2, 0.25) is 0 Å². The lowest BCUT2D eigenvalue weighted by Crippen LogP contribution is -2.33. The average Bonchev–Trinajstić information content (AvgIpc) is 3.01. The predicted molar refractivity (Wildman–Crippen MR) is 177 cm³/mol. The topological polar surface area (TPSA) is 189 Å². The first-order valence-electron chi connectivity index (χ1n) is 14.4. The van der Waals surface area contributed by atoms with E-state index in [9.17, 15) is 22.6 Å². The number of nitrogens with two attached hydrogens (primary N) is 1. The molecule has 0 saturated heterocycles. The van der Waals surface area contributed by atoms with E-state index in [0.29, 0.717) is 24.3 Å². The molecule has 4 aromatic carbocycles. The fourth-order valence-corrected chi connectivity index (χ4v) is 6.02. The van der Waals surface area contributed by atoms with Gasteiger partial charge in [0.1, 0.15) is 10.7 Å². The molecule has 46 heavy (non-hydrogen) atoms. The fraction of sp³-hybridized carbons (Fsp3) is 0.182. The molecule has 0 saturated carbocycles. The second kappa shape index (κ2) is 11.5. The van der Waals surface area contributed by atoms with Crippen LogP contribution in [-0.2, 0) is 10.1 Å². The van der Waals surface area contributed by atoms with Crippen LogP contribution in [0.15, 0.2) is 77.7 Å². The SMILES string of the molecule is Cc1nc(NCC(C)(C)CNc2cc(S(=O)(=O)O)c(N)c3c2C(=O)c2ccccc2C3=O)nc(Nc2ccc3ccccc3c2)n1. The zero-order valence-corrected chi connectivity index (χ0v) is 26.1. The summed E-state index contributed by atoms with van der Waals surface area (Å²) >= 11 is 0. The number of anilines is 5. The Bertz CT molecular complexity index is 2170. The number of carbonyl (C=O) groups is 2. The number of hydrogen-bond acceptors (Lipinski definition) is 11. The van der Waals surface area contributed by atoms with Crippen LogP contribution in [0, 0.1) is 12.3 Å². The quantitative estimate of drug-likeness (QED) is 0.103. The van der Waals surface area contributed by atoms with E-state index in [0.717, 1.165) is 22.5 Å². The molecular formula is C33H31N7O5S. The van der Waals surface area contributed by atoms with E-state index in [1.165, 1.54) is 12.1 Å². The van der Waals surface area contributed by atoms with Crippen molar-refractivity contribution in [3.8, 4) is 0 Å². The lowest BCUT2D eigenvalue weighted by molar-refractivity contribution is 0.0980. The lowest BCUT2D eigenvalue weighted by Gasteiger charge is -2.28. The van der Waals surface area contributed by atoms with Crippen molar-refractivity contribution in [2.45, 2.75) is 25.7 Å². The molecule has 13 heteroatoms. The first-order chi connectivity index (χ1) is 21.8. The molecular weight excluding hydrogens is 606 g/mol. The van der Waals surface area contributed by atoms with Crippen LogP contribution >= 0.6 is 0 Å². The summed E-state index contributed by atoms with van der Waals surface area (Å²) in [4.78, 5) is 39.7. The van der Waals surface area contributed by atoms with Gasteiger partial charge in [0, 0.05) is 35.6 Å². The molecule has 6 N–H and O–H groups in total. The normalized spacial score (nSPS) is 12.9. The van der Waals surface area contributed by atoms with E-state index < -0.39 is 37.7 Å². The highest BCUT2D eigenvalue weighted by Crippen LogP contribution is 2.39. The van der Waals surface area contributed by atoms with Crippen molar-refractivity contribution in [3.63, 3.8) is 0 Å². The van der Waals surface area contributed by atoms with Crippen LogP contribution in [0.5, 0.6) is 0 Å². The molecule has 0 aliphatic heterocycles. The monoisotopic (exact) mass is 637 g/mol. The largest absolute Gasteiger partial charge is 0.397 e. The summed E-state index contributed by atoms with van der Waals surface area (Å²) < 4.78 is 34.4. The van der Waals surface area contributed by atoms with Gasteiger partial charge in [-0.3, -0.25) is 14.1 Å². The van der Waals surface area contributed by atoms with Crippen molar-refractivity contribution in [2.24, 2.45) is 5.41 Å². The Morgan fingerprint density at radius 2 is 1.39 bits per heavy atom. The highest BCUT2D eigenvalue weighted by atomic mass is 32.2. The third-order valence-electron chi connectivity index (χ3n) is 7.71. The number of benzene rings is 4. The van der Waals surface area contributed by atoms with Gasteiger partial charge in [0.2, 0.25) is 11.9 Å². The molecule has 1 aromatic heterocycles. The number of carbonyl (C=O) groups excluding carboxylic acids is 2. The van der Waals surface area contributed by atoms with E-state index in [4.69, 9.17) is 5.73 Å². The summed E-state index contributed by atoms with van der Waals surface area (Å²) in [6, 6.07) is 21.3. The standard InChI is InChI=1S/C33H31N7O5S/c1-18-37-31(40-32(38-18)39-21-13-12-19-8-4-5-9-20(19)14-21)36-17-33(2,3)16-35-24-15-25(46(43,44)45)28(34)27-26(24)29(41)22-10-6-7-11-23(22)30(27)42/h4-15,35H,16-17,34H2,1-3H3,(H,43,44,45)(H2,36,37,38,39,40). The van der Waals surface area contributed by atoms with Crippen LogP contribution in [0.25, 0.3) is 10.8 Å². The third-order valence-corrected chi connectivity index (χ3v) is 8.61. The predicted octanol–water partition coefficient (Wildman–Crippen LogP) is 5.23. The lowest BCUT2D eigenvalue weighted by atomic mass is 9.82. The molecule has 0 unspecified atom stereocenters. The molecule has 5 aromatic rings. The number of nitrogen functional groups attached to an aromatic ring is 1. The molecule has 0 fully saturated rings. The van der Waals surface area contributed by atoms with Crippen LogP contribution in [-0.4, -0.2) is 52.6 Å². The summed E-state index contributed by atoms with van der Waals surface area (Å²) in [5.41, 5.74) is 5.95. The second-order valence-corrected chi connectivity index (χ2v) is 13.2.